The largest absolute Gasteiger partial charge is 0.270 e. The summed E-state index contributed by atoms with van der Waals surface area (Å²) in [5, 5.41) is 4.55. The van der Waals surface area contributed by atoms with Crippen LogP contribution in [0.2, 0.25) is 0 Å². The minimum atomic E-state index is 0. The van der Waals surface area contributed by atoms with E-state index >= 15 is 0 Å². The van der Waals surface area contributed by atoms with Gasteiger partial charge in [0.2, 0.25) is 0 Å². The fourth-order valence-corrected chi connectivity index (χ4v) is 3.36. The molecule has 0 saturated heterocycles. The molecule has 2 nitrogen and oxygen atoms in total. The van der Waals surface area contributed by atoms with Crippen LogP contribution in [0.15, 0.2) is 12.4 Å². The minimum Gasteiger partial charge on any atom is -0.270 e. The van der Waals surface area contributed by atoms with Crippen molar-refractivity contribution in [3.63, 3.8) is 0 Å². The van der Waals surface area contributed by atoms with Crippen LogP contribution in [0.3, 0.4) is 0 Å². The molecule has 1 aromatic carbocycles. The number of rotatable bonds is 2. The topological polar surface area (TPSA) is 17.8 Å². The van der Waals surface area contributed by atoms with Gasteiger partial charge in [0.05, 0.1) is 6.20 Å². The van der Waals surface area contributed by atoms with Gasteiger partial charge in [-0.15, -0.1) is 0 Å². The van der Waals surface area contributed by atoms with Crippen molar-refractivity contribution < 1.29 is 21.1 Å². The van der Waals surface area contributed by atoms with Crippen molar-refractivity contribution in [3.8, 4) is 11.1 Å². The summed E-state index contributed by atoms with van der Waals surface area (Å²) in [5.41, 5.74) is 9.81. The molecule has 2 aromatic rings. The Balaban J connectivity index is 0.00000264. The number of aromatic nitrogens is 2. The third-order valence-electron chi connectivity index (χ3n) is 4.86. The van der Waals surface area contributed by atoms with Crippen LogP contribution in [0.4, 0.5) is 0 Å². The molecular weight excluding hydrogens is 463 g/mol. The summed E-state index contributed by atoms with van der Waals surface area (Å²) in [4.78, 5) is 0. The van der Waals surface area contributed by atoms with E-state index in [1.54, 1.807) is 0 Å². The quantitative estimate of drug-likeness (QED) is 0.528. The van der Waals surface area contributed by atoms with Crippen molar-refractivity contribution in [3.05, 3.63) is 40.2 Å². The zero-order valence-electron chi connectivity index (χ0n) is 15.9. The van der Waals surface area contributed by atoms with E-state index in [-0.39, 0.29) is 26.5 Å². The van der Waals surface area contributed by atoms with E-state index in [2.05, 4.69) is 73.6 Å². The fourth-order valence-electron chi connectivity index (χ4n) is 3.36. The molecule has 0 unspecified atom stereocenters. The molecule has 0 N–H and O–H groups in total. The molecule has 0 fully saturated rings. The second-order valence-corrected chi connectivity index (χ2v) is 7.80. The van der Waals surface area contributed by atoms with Crippen LogP contribution in [0.5, 0.6) is 0 Å². The molecule has 1 aromatic heterocycles. The van der Waals surface area contributed by atoms with Gasteiger partial charge in [0.15, 0.2) is 0 Å². The van der Waals surface area contributed by atoms with Crippen LogP contribution in [0, 0.1) is 27.7 Å². The molecule has 0 radical (unpaired) electrons. The fraction of sp³-hybridized carbons (Fsp3) is 0.550. The summed E-state index contributed by atoms with van der Waals surface area (Å²) in [7, 11) is 0. The average Bonchev–Trinajstić information content (AvgIpc) is 2.88. The Hall–Kier alpha value is -0.882. The predicted octanol–water partition coefficient (Wildman–Crippen LogP) is 5.66. The molecule has 0 spiro atoms. The summed E-state index contributed by atoms with van der Waals surface area (Å²) >= 11 is 0. The molecule has 0 atom stereocenters. The van der Waals surface area contributed by atoms with E-state index in [9.17, 15) is 0 Å². The van der Waals surface area contributed by atoms with Crippen molar-refractivity contribution >= 4 is 0 Å². The molecule has 0 aliphatic carbocycles. The molecule has 0 amide bonds. The molecule has 0 aliphatic rings. The van der Waals surface area contributed by atoms with Gasteiger partial charge in [-0.1, -0.05) is 20.8 Å². The van der Waals surface area contributed by atoms with E-state index in [4.69, 9.17) is 0 Å². The van der Waals surface area contributed by atoms with E-state index in [0.717, 1.165) is 0 Å². The Morgan fingerprint density at radius 1 is 0.913 bits per heavy atom. The van der Waals surface area contributed by atoms with Crippen LogP contribution in [0.25, 0.3) is 11.1 Å². The second-order valence-electron chi connectivity index (χ2n) is 7.80. The smallest absolute Gasteiger partial charge is 0.0568 e. The average molecular weight is 494 g/mol. The van der Waals surface area contributed by atoms with Crippen LogP contribution >= 0.6 is 0 Å². The van der Waals surface area contributed by atoms with E-state index in [0.29, 0.717) is 6.04 Å². The van der Waals surface area contributed by atoms with Crippen molar-refractivity contribution in [1.82, 2.24) is 9.78 Å². The van der Waals surface area contributed by atoms with E-state index in [1.807, 2.05) is 10.9 Å². The third kappa shape index (κ3) is 3.63. The Labute approximate surface area is 155 Å². The van der Waals surface area contributed by atoms with Crippen LogP contribution in [0.1, 0.15) is 68.5 Å². The van der Waals surface area contributed by atoms with Gasteiger partial charge in [-0.3, -0.25) is 4.68 Å². The van der Waals surface area contributed by atoms with Crippen LogP contribution in [-0.4, -0.2) is 9.78 Å². The summed E-state index contributed by atoms with van der Waals surface area (Å²) in [6.45, 7) is 20.2. The third-order valence-corrected chi connectivity index (χ3v) is 4.86. The number of hydrogen-bond donors (Lipinski definition) is 0. The Morgan fingerprint density at radius 3 is 1.87 bits per heavy atom. The van der Waals surface area contributed by atoms with E-state index < -0.39 is 0 Å². The summed E-state index contributed by atoms with van der Waals surface area (Å²) < 4.78 is 2.05. The van der Waals surface area contributed by atoms with E-state index in [1.165, 1.54) is 38.9 Å². The molecule has 130 valence electrons. The van der Waals surface area contributed by atoms with Crippen molar-refractivity contribution in [2.24, 2.45) is 0 Å². The second kappa shape index (κ2) is 6.93. The maximum Gasteiger partial charge on any atom is 0.0568 e. The van der Waals surface area contributed by atoms with Gasteiger partial charge in [0.25, 0.3) is 0 Å². The van der Waals surface area contributed by atoms with Gasteiger partial charge >= 0.3 is 0 Å². The van der Waals surface area contributed by atoms with Gasteiger partial charge in [-0.05, 0) is 80.3 Å². The predicted molar refractivity (Wildman–Crippen MR) is 95.7 cm³/mol. The first-order chi connectivity index (χ1) is 10.1. The maximum atomic E-state index is 4.55. The maximum absolute atomic E-state index is 4.55. The summed E-state index contributed by atoms with van der Waals surface area (Å²) in [5.74, 6) is 0. The summed E-state index contributed by atoms with van der Waals surface area (Å²) in [6.07, 6.45) is 4.21. The van der Waals surface area contributed by atoms with Gasteiger partial charge in [-0.2, -0.15) is 5.10 Å². The first-order valence-corrected chi connectivity index (χ1v) is 8.21. The molecule has 1 heterocycles. The molecule has 2 rings (SSSR count). The molecular formula is C20H30N2Pt. The van der Waals surface area contributed by atoms with Gasteiger partial charge in [0.1, 0.15) is 0 Å². The van der Waals surface area contributed by atoms with Gasteiger partial charge in [0, 0.05) is 38.9 Å². The monoisotopic (exact) mass is 493 g/mol. The first kappa shape index (κ1) is 20.2. The van der Waals surface area contributed by atoms with Gasteiger partial charge in [-0.25, -0.2) is 0 Å². The first-order valence-electron chi connectivity index (χ1n) is 8.21. The normalized spacial score (nSPS) is 11.7. The number of nitrogens with zero attached hydrogens (tertiary/aromatic N) is 2. The van der Waals surface area contributed by atoms with Crippen molar-refractivity contribution in [2.45, 2.75) is 73.8 Å². The zero-order valence-corrected chi connectivity index (χ0v) is 18.2. The Morgan fingerprint density at radius 2 is 1.43 bits per heavy atom. The van der Waals surface area contributed by atoms with Crippen LogP contribution < -0.4 is 0 Å². The van der Waals surface area contributed by atoms with Crippen LogP contribution in [-0.2, 0) is 26.5 Å². The summed E-state index contributed by atoms with van der Waals surface area (Å²) in [6, 6.07) is 0.389. The molecule has 0 bridgehead atoms. The molecule has 3 heteroatoms. The number of benzene rings is 1. The molecule has 0 aliphatic heterocycles. The number of hydrogen-bond acceptors (Lipinski definition) is 1. The Bertz CT molecular complexity index is 703. The Kier molecular flexibility index (Phi) is 6.08. The van der Waals surface area contributed by atoms with Crippen molar-refractivity contribution in [1.29, 1.82) is 0 Å². The minimum absolute atomic E-state index is 0. The standard InChI is InChI=1S/C20H30N2.Pt/c1-12(2)22-11-17(10-21-22)18-15(5)13(3)14(4)16(6)19(18)20(7,8)9;/h10-12H,1-9H3;. The molecule has 23 heavy (non-hydrogen) atoms. The molecule has 0 saturated carbocycles. The zero-order chi connectivity index (χ0) is 16.8. The van der Waals surface area contributed by atoms with Gasteiger partial charge < -0.3 is 0 Å². The SMILES string of the molecule is Cc1c(C)c(C)c(C(C)(C)C)c(-c2cnn(C(C)C)c2)c1C.[Pt]. The van der Waals surface area contributed by atoms with Crippen molar-refractivity contribution in [2.75, 3.05) is 0 Å².